The molecule has 5 nitrogen and oxygen atoms in total. The van der Waals surface area contributed by atoms with Gasteiger partial charge in [0.25, 0.3) is 5.91 Å². The van der Waals surface area contributed by atoms with Crippen LogP contribution in [0, 0.1) is 0 Å². The monoisotopic (exact) mass is 316 g/mol. The van der Waals surface area contributed by atoms with Crippen molar-refractivity contribution in [3.8, 4) is 11.3 Å². The van der Waals surface area contributed by atoms with Crippen LogP contribution in [0.3, 0.4) is 0 Å². The second kappa shape index (κ2) is 4.47. The maximum Gasteiger partial charge on any atom is 0.271 e. The van der Waals surface area contributed by atoms with Gasteiger partial charge in [0.05, 0.1) is 0 Å². The van der Waals surface area contributed by atoms with Gasteiger partial charge in [-0.25, -0.2) is 0 Å². The molecule has 2 aromatic carbocycles. The lowest BCUT2D eigenvalue weighted by Crippen LogP contribution is -2.12. The fourth-order valence-corrected chi connectivity index (χ4v) is 2.61. The molecule has 0 radical (unpaired) electrons. The summed E-state index contributed by atoms with van der Waals surface area (Å²) >= 11 is 3.52. The number of nitrogens with one attached hydrogen (secondary N) is 1. The van der Waals surface area contributed by atoms with Gasteiger partial charge in [0.15, 0.2) is 5.69 Å². The molecule has 3 N–H and O–H groups in total. The van der Waals surface area contributed by atoms with E-state index in [1.807, 2.05) is 36.4 Å². The van der Waals surface area contributed by atoms with Crippen LogP contribution in [0.15, 0.2) is 40.9 Å². The highest BCUT2D eigenvalue weighted by Crippen LogP contribution is 2.30. The number of fused-ring (bicyclic) bond motifs is 1. The molecule has 0 bridgehead atoms. The minimum absolute atomic E-state index is 0.141. The summed E-state index contributed by atoms with van der Waals surface area (Å²) in [6.07, 6.45) is 0. The summed E-state index contributed by atoms with van der Waals surface area (Å²) in [5.74, 6) is -0.604. The number of primary amides is 1. The quantitative estimate of drug-likeness (QED) is 0.761. The molecular formula is C13H9BrN4O. The minimum atomic E-state index is -0.604. The van der Waals surface area contributed by atoms with E-state index in [0.29, 0.717) is 5.69 Å². The standard InChI is InChI=1S/C13H9BrN4O/c14-10-6-8(5-7-3-1-2-4-9(7)10)11-12(13(15)19)17-18-16-11/h1-6H,(H2,15,19)(H,16,17,18). The summed E-state index contributed by atoms with van der Waals surface area (Å²) in [6.45, 7) is 0. The molecule has 0 saturated heterocycles. The Hall–Kier alpha value is -2.21. The molecule has 1 heterocycles. The number of H-pyrrole nitrogens is 1. The van der Waals surface area contributed by atoms with Crippen LogP contribution in [-0.2, 0) is 0 Å². The van der Waals surface area contributed by atoms with Gasteiger partial charge in [0.2, 0.25) is 0 Å². The number of aromatic nitrogens is 3. The van der Waals surface area contributed by atoms with Gasteiger partial charge in [0.1, 0.15) is 5.69 Å². The average molecular weight is 317 g/mol. The zero-order valence-corrected chi connectivity index (χ0v) is 11.3. The van der Waals surface area contributed by atoms with Gasteiger partial charge in [-0.15, -0.1) is 0 Å². The molecule has 19 heavy (non-hydrogen) atoms. The Kier molecular flexibility index (Phi) is 2.79. The van der Waals surface area contributed by atoms with Crippen molar-refractivity contribution in [2.75, 3.05) is 0 Å². The van der Waals surface area contributed by atoms with Crippen LogP contribution < -0.4 is 5.73 Å². The van der Waals surface area contributed by atoms with Crippen LogP contribution in [0.5, 0.6) is 0 Å². The molecule has 0 saturated carbocycles. The van der Waals surface area contributed by atoms with Crippen molar-refractivity contribution in [2.45, 2.75) is 0 Å². The van der Waals surface area contributed by atoms with Crippen molar-refractivity contribution in [2.24, 2.45) is 5.73 Å². The first kappa shape index (κ1) is 11.9. The van der Waals surface area contributed by atoms with Gasteiger partial charge in [-0.1, -0.05) is 40.2 Å². The normalized spacial score (nSPS) is 10.8. The second-order valence-electron chi connectivity index (χ2n) is 4.06. The average Bonchev–Trinajstić information content (AvgIpc) is 2.88. The zero-order valence-electron chi connectivity index (χ0n) is 9.72. The largest absolute Gasteiger partial charge is 0.364 e. The summed E-state index contributed by atoms with van der Waals surface area (Å²) < 4.78 is 0.930. The predicted octanol–water partition coefficient (Wildman–Crippen LogP) is 2.49. The minimum Gasteiger partial charge on any atom is -0.364 e. The van der Waals surface area contributed by atoms with Gasteiger partial charge in [0, 0.05) is 10.0 Å². The molecule has 0 atom stereocenters. The van der Waals surface area contributed by atoms with E-state index in [2.05, 4.69) is 31.3 Å². The fraction of sp³-hybridized carbons (Fsp3) is 0. The number of amides is 1. The number of nitrogens with two attached hydrogens (primary N) is 1. The third-order valence-corrected chi connectivity index (χ3v) is 3.52. The highest BCUT2D eigenvalue weighted by atomic mass is 79.9. The first-order chi connectivity index (χ1) is 9.16. The van der Waals surface area contributed by atoms with Crippen LogP contribution in [0.4, 0.5) is 0 Å². The SMILES string of the molecule is NC(=O)c1n[nH]nc1-c1cc(Br)c2ccccc2c1. The Morgan fingerprint density at radius 1 is 1.21 bits per heavy atom. The number of carbonyl (C=O) groups excluding carboxylic acids is 1. The van der Waals surface area contributed by atoms with E-state index in [9.17, 15) is 4.79 Å². The molecule has 1 amide bonds. The van der Waals surface area contributed by atoms with Crippen molar-refractivity contribution >= 4 is 32.6 Å². The van der Waals surface area contributed by atoms with Crippen LogP contribution in [0.1, 0.15) is 10.5 Å². The Bertz CT molecular complexity index is 781. The molecule has 3 rings (SSSR count). The van der Waals surface area contributed by atoms with Crippen LogP contribution in [0.2, 0.25) is 0 Å². The number of hydrogen-bond donors (Lipinski definition) is 2. The second-order valence-corrected chi connectivity index (χ2v) is 4.92. The number of aromatic amines is 1. The van der Waals surface area contributed by atoms with Crippen molar-refractivity contribution < 1.29 is 4.79 Å². The molecule has 0 aliphatic carbocycles. The van der Waals surface area contributed by atoms with E-state index in [-0.39, 0.29) is 5.69 Å². The van der Waals surface area contributed by atoms with Crippen LogP contribution >= 0.6 is 15.9 Å². The lowest BCUT2D eigenvalue weighted by atomic mass is 10.0. The first-order valence-electron chi connectivity index (χ1n) is 5.56. The maximum atomic E-state index is 11.3. The van der Waals surface area contributed by atoms with Crippen molar-refractivity contribution in [3.63, 3.8) is 0 Å². The van der Waals surface area contributed by atoms with Crippen LogP contribution in [-0.4, -0.2) is 21.3 Å². The fourth-order valence-electron chi connectivity index (χ4n) is 2.00. The van der Waals surface area contributed by atoms with E-state index in [4.69, 9.17) is 5.73 Å². The van der Waals surface area contributed by atoms with Gasteiger partial charge in [-0.3, -0.25) is 4.79 Å². The topological polar surface area (TPSA) is 84.7 Å². The summed E-state index contributed by atoms with van der Waals surface area (Å²) in [4.78, 5) is 11.3. The van der Waals surface area contributed by atoms with Gasteiger partial charge in [-0.05, 0) is 22.9 Å². The molecule has 0 spiro atoms. The van der Waals surface area contributed by atoms with Crippen LogP contribution in [0.25, 0.3) is 22.0 Å². The Morgan fingerprint density at radius 3 is 2.79 bits per heavy atom. The lowest BCUT2D eigenvalue weighted by Gasteiger charge is -2.04. The molecular weight excluding hydrogens is 308 g/mol. The third kappa shape index (κ3) is 2.00. The number of nitrogens with zero attached hydrogens (tertiary/aromatic N) is 2. The van der Waals surface area contributed by atoms with Crippen molar-refractivity contribution in [1.29, 1.82) is 0 Å². The summed E-state index contributed by atoms with van der Waals surface area (Å²) in [7, 11) is 0. The third-order valence-electron chi connectivity index (χ3n) is 2.87. The number of rotatable bonds is 2. The highest BCUT2D eigenvalue weighted by Gasteiger charge is 2.16. The number of benzene rings is 2. The summed E-state index contributed by atoms with van der Waals surface area (Å²) in [5.41, 5.74) is 6.66. The number of hydrogen-bond acceptors (Lipinski definition) is 3. The molecule has 0 unspecified atom stereocenters. The Labute approximate surface area is 116 Å². The van der Waals surface area contributed by atoms with E-state index in [0.717, 1.165) is 20.8 Å². The molecule has 0 aliphatic rings. The number of halogens is 1. The zero-order chi connectivity index (χ0) is 13.4. The molecule has 94 valence electrons. The summed E-state index contributed by atoms with van der Waals surface area (Å²) in [5, 5.41) is 12.3. The van der Waals surface area contributed by atoms with E-state index >= 15 is 0 Å². The van der Waals surface area contributed by atoms with Crippen molar-refractivity contribution in [3.05, 3.63) is 46.6 Å². The van der Waals surface area contributed by atoms with Gasteiger partial charge >= 0.3 is 0 Å². The van der Waals surface area contributed by atoms with E-state index in [1.165, 1.54) is 0 Å². The smallest absolute Gasteiger partial charge is 0.271 e. The number of carbonyl (C=O) groups is 1. The maximum absolute atomic E-state index is 11.3. The van der Waals surface area contributed by atoms with Gasteiger partial charge < -0.3 is 5.73 Å². The van der Waals surface area contributed by atoms with Gasteiger partial charge in [-0.2, -0.15) is 15.4 Å². The Morgan fingerprint density at radius 2 is 2.00 bits per heavy atom. The predicted molar refractivity (Wildman–Crippen MR) is 75.5 cm³/mol. The molecule has 1 aromatic heterocycles. The highest BCUT2D eigenvalue weighted by molar-refractivity contribution is 9.10. The molecule has 0 fully saturated rings. The molecule has 0 aliphatic heterocycles. The Balaban J connectivity index is 2.26. The van der Waals surface area contributed by atoms with E-state index < -0.39 is 5.91 Å². The first-order valence-corrected chi connectivity index (χ1v) is 6.35. The molecule has 3 aromatic rings. The van der Waals surface area contributed by atoms with E-state index in [1.54, 1.807) is 0 Å². The summed E-state index contributed by atoms with van der Waals surface area (Å²) in [6, 6.07) is 11.8. The molecule has 6 heteroatoms. The lowest BCUT2D eigenvalue weighted by molar-refractivity contribution is 0.0996. The van der Waals surface area contributed by atoms with Crippen molar-refractivity contribution in [1.82, 2.24) is 15.4 Å².